The summed E-state index contributed by atoms with van der Waals surface area (Å²) in [6.45, 7) is 7.56. The molecule has 0 spiro atoms. The van der Waals surface area contributed by atoms with Crippen LogP contribution in [0, 0.1) is 0 Å². The Morgan fingerprint density at radius 3 is 2.41 bits per heavy atom. The number of piperazine rings is 1. The number of carbonyl (C=O) groups excluding carboxylic acids is 1. The maximum Gasteiger partial charge on any atom is 0.233 e. The summed E-state index contributed by atoms with van der Waals surface area (Å²) in [4.78, 5) is 16.1. The standard InChI is InChI=1S/C17H28N4O/c18-14-17(22)19-8-4-5-9-20-10-12-21(13-11-20)15-16-6-2-1-3-7-16/h1-3,6-7H,4-5,8-15,18H2,(H,19,22). The molecule has 0 radical (unpaired) electrons. The zero-order valence-electron chi connectivity index (χ0n) is 13.3. The number of carbonyl (C=O) groups is 1. The van der Waals surface area contributed by atoms with Gasteiger partial charge in [0.25, 0.3) is 0 Å². The minimum Gasteiger partial charge on any atom is -0.355 e. The van der Waals surface area contributed by atoms with Crippen LogP contribution < -0.4 is 11.1 Å². The summed E-state index contributed by atoms with van der Waals surface area (Å²) >= 11 is 0. The molecular weight excluding hydrogens is 276 g/mol. The number of nitrogens with one attached hydrogen (secondary N) is 1. The zero-order valence-corrected chi connectivity index (χ0v) is 13.3. The lowest BCUT2D eigenvalue weighted by atomic mass is 10.2. The largest absolute Gasteiger partial charge is 0.355 e. The number of rotatable bonds is 8. The lowest BCUT2D eigenvalue weighted by Crippen LogP contribution is -2.46. The lowest BCUT2D eigenvalue weighted by Gasteiger charge is -2.34. The molecule has 3 N–H and O–H groups in total. The van der Waals surface area contributed by atoms with E-state index in [1.807, 2.05) is 0 Å². The van der Waals surface area contributed by atoms with Gasteiger partial charge in [-0.15, -0.1) is 0 Å². The molecule has 0 saturated carbocycles. The van der Waals surface area contributed by atoms with Crippen molar-refractivity contribution in [2.75, 3.05) is 45.8 Å². The van der Waals surface area contributed by atoms with Crippen LogP contribution >= 0.6 is 0 Å². The highest BCUT2D eigenvalue weighted by Crippen LogP contribution is 2.08. The highest BCUT2D eigenvalue weighted by Gasteiger charge is 2.16. The first kappa shape index (κ1) is 16.9. The number of amides is 1. The van der Waals surface area contributed by atoms with E-state index in [4.69, 9.17) is 5.73 Å². The molecule has 1 aliphatic heterocycles. The van der Waals surface area contributed by atoms with E-state index in [9.17, 15) is 4.79 Å². The van der Waals surface area contributed by atoms with Crippen molar-refractivity contribution in [3.8, 4) is 0 Å². The van der Waals surface area contributed by atoms with Crippen LogP contribution in [0.25, 0.3) is 0 Å². The van der Waals surface area contributed by atoms with Gasteiger partial charge in [-0.1, -0.05) is 30.3 Å². The van der Waals surface area contributed by atoms with Crippen molar-refractivity contribution < 1.29 is 4.79 Å². The highest BCUT2D eigenvalue weighted by molar-refractivity contribution is 5.77. The molecule has 0 aliphatic carbocycles. The summed E-state index contributed by atoms with van der Waals surface area (Å²) in [6, 6.07) is 10.7. The van der Waals surface area contributed by atoms with Crippen LogP contribution in [0.3, 0.4) is 0 Å². The topological polar surface area (TPSA) is 61.6 Å². The molecule has 1 aromatic carbocycles. The molecule has 0 bridgehead atoms. The van der Waals surface area contributed by atoms with E-state index in [1.54, 1.807) is 0 Å². The maximum absolute atomic E-state index is 11.0. The Hall–Kier alpha value is -1.43. The molecule has 1 aliphatic rings. The number of nitrogens with zero attached hydrogens (tertiary/aromatic N) is 2. The minimum absolute atomic E-state index is 0.0606. The van der Waals surface area contributed by atoms with Gasteiger partial charge in [-0.3, -0.25) is 9.69 Å². The average Bonchev–Trinajstić information content (AvgIpc) is 2.57. The fourth-order valence-electron chi connectivity index (χ4n) is 2.77. The third-order valence-corrected chi connectivity index (χ3v) is 4.12. The molecule has 2 rings (SSSR count). The van der Waals surface area contributed by atoms with E-state index in [-0.39, 0.29) is 12.5 Å². The molecule has 1 saturated heterocycles. The molecule has 1 aromatic rings. The van der Waals surface area contributed by atoms with Crippen LogP contribution in [0.1, 0.15) is 18.4 Å². The second kappa shape index (κ2) is 9.56. The smallest absolute Gasteiger partial charge is 0.233 e. The van der Waals surface area contributed by atoms with Crippen molar-refractivity contribution in [1.29, 1.82) is 0 Å². The molecule has 122 valence electrons. The van der Waals surface area contributed by atoms with Crippen molar-refractivity contribution in [2.45, 2.75) is 19.4 Å². The number of unbranched alkanes of at least 4 members (excludes halogenated alkanes) is 1. The van der Waals surface area contributed by atoms with E-state index < -0.39 is 0 Å². The van der Waals surface area contributed by atoms with Crippen molar-refractivity contribution in [2.24, 2.45) is 5.73 Å². The summed E-state index contributed by atoms with van der Waals surface area (Å²) in [5, 5.41) is 2.81. The van der Waals surface area contributed by atoms with Crippen molar-refractivity contribution in [1.82, 2.24) is 15.1 Å². The van der Waals surface area contributed by atoms with Crippen molar-refractivity contribution in [3.63, 3.8) is 0 Å². The first-order chi connectivity index (χ1) is 10.8. The summed E-state index contributed by atoms with van der Waals surface area (Å²) in [6.07, 6.45) is 2.15. The van der Waals surface area contributed by atoms with Gasteiger partial charge < -0.3 is 16.0 Å². The molecular formula is C17H28N4O. The third kappa shape index (κ3) is 6.13. The molecule has 22 heavy (non-hydrogen) atoms. The van der Waals surface area contributed by atoms with Crippen LogP contribution in [0.4, 0.5) is 0 Å². The quantitative estimate of drug-likeness (QED) is 0.693. The van der Waals surface area contributed by atoms with E-state index in [0.29, 0.717) is 0 Å². The van der Waals surface area contributed by atoms with Crippen LogP contribution in [-0.2, 0) is 11.3 Å². The first-order valence-corrected chi connectivity index (χ1v) is 8.23. The second-order valence-electron chi connectivity index (χ2n) is 5.86. The predicted molar refractivity (Wildman–Crippen MR) is 89.5 cm³/mol. The molecule has 1 fully saturated rings. The number of hydrogen-bond acceptors (Lipinski definition) is 4. The van der Waals surface area contributed by atoms with E-state index in [1.165, 1.54) is 5.56 Å². The van der Waals surface area contributed by atoms with E-state index in [0.717, 1.165) is 58.7 Å². The Morgan fingerprint density at radius 2 is 1.73 bits per heavy atom. The highest BCUT2D eigenvalue weighted by atomic mass is 16.1. The molecule has 0 aromatic heterocycles. The van der Waals surface area contributed by atoms with Gasteiger partial charge in [0.15, 0.2) is 0 Å². The van der Waals surface area contributed by atoms with Gasteiger partial charge in [0.1, 0.15) is 0 Å². The average molecular weight is 304 g/mol. The van der Waals surface area contributed by atoms with Gasteiger partial charge in [-0.25, -0.2) is 0 Å². The van der Waals surface area contributed by atoms with Gasteiger partial charge in [0.05, 0.1) is 6.54 Å². The van der Waals surface area contributed by atoms with Gasteiger partial charge in [0.2, 0.25) is 5.91 Å². The van der Waals surface area contributed by atoms with Gasteiger partial charge in [-0.05, 0) is 24.9 Å². The van der Waals surface area contributed by atoms with Crippen molar-refractivity contribution >= 4 is 5.91 Å². The summed E-state index contributed by atoms with van der Waals surface area (Å²) in [5.41, 5.74) is 6.64. The molecule has 0 atom stereocenters. The minimum atomic E-state index is -0.0606. The number of nitrogens with two attached hydrogens (primary N) is 1. The summed E-state index contributed by atoms with van der Waals surface area (Å²) in [5.74, 6) is -0.0606. The fourth-order valence-corrected chi connectivity index (χ4v) is 2.77. The Morgan fingerprint density at radius 1 is 1.05 bits per heavy atom. The van der Waals surface area contributed by atoms with E-state index >= 15 is 0 Å². The molecule has 1 heterocycles. The zero-order chi connectivity index (χ0) is 15.6. The summed E-state index contributed by atoms with van der Waals surface area (Å²) < 4.78 is 0. The molecule has 1 amide bonds. The normalized spacial score (nSPS) is 16.6. The summed E-state index contributed by atoms with van der Waals surface area (Å²) in [7, 11) is 0. The molecule has 0 unspecified atom stereocenters. The van der Waals surface area contributed by atoms with E-state index in [2.05, 4.69) is 45.4 Å². The molecule has 5 nitrogen and oxygen atoms in total. The Bertz CT molecular complexity index is 430. The van der Waals surface area contributed by atoms with Crippen LogP contribution in [-0.4, -0.2) is 61.5 Å². The number of benzene rings is 1. The second-order valence-corrected chi connectivity index (χ2v) is 5.86. The number of hydrogen-bond donors (Lipinski definition) is 2. The first-order valence-electron chi connectivity index (χ1n) is 8.23. The molecule has 5 heteroatoms. The SMILES string of the molecule is NCC(=O)NCCCCN1CCN(Cc2ccccc2)CC1. The Balaban J connectivity index is 1.54. The monoisotopic (exact) mass is 304 g/mol. The van der Waals surface area contributed by atoms with Crippen LogP contribution in [0.15, 0.2) is 30.3 Å². The Kier molecular flexibility index (Phi) is 7.36. The van der Waals surface area contributed by atoms with Crippen LogP contribution in [0.2, 0.25) is 0 Å². The van der Waals surface area contributed by atoms with Gasteiger partial charge in [-0.2, -0.15) is 0 Å². The predicted octanol–water partition coefficient (Wildman–Crippen LogP) is 0.659. The third-order valence-electron chi connectivity index (χ3n) is 4.12. The van der Waals surface area contributed by atoms with Crippen molar-refractivity contribution in [3.05, 3.63) is 35.9 Å². The Labute approximate surface area is 133 Å². The lowest BCUT2D eigenvalue weighted by molar-refractivity contribution is -0.119. The maximum atomic E-state index is 11.0. The van der Waals surface area contributed by atoms with Crippen LogP contribution in [0.5, 0.6) is 0 Å². The van der Waals surface area contributed by atoms with Gasteiger partial charge in [0, 0.05) is 39.3 Å². The fraction of sp³-hybridized carbons (Fsp3) is 0.588. The van der Waals surface area contributed by atoms with Gasteiger partial charge >= 0.3 is 0 Å².